The predicted molar refractivity (Wildman–Crippen MR) is 48.0 cm³/mol. The van der Waals surface area contributed by atoms with E-state index < -0.39 is 11.7 Å². The molecule has 1 aromatic rings. The average Bonchev–Trinajstić information content (AvgIpc) is 2.20. The van der Waals surface area contributed by atoms with Crippen LogP contribution in [0.2, 0.25) is 0 Å². The number of nitrogens with zero attached hydrogens (tertiary/aromatic N) is 2. The van der Waals surface area contributed by atoms with E-state index in [1.54, 1.807) is 0 Å². The fraction of sp³-hybridized carbons (Fsp3) is 0.333. The van der Waals surface area contributed by atoms with Gasteiger partial charge >= 0.3 is 0 Å². The molecule has 0 radical (unpaired) electrons. The first-order chi connectivity index (χ1) is 6.56. The topological polar surface area (TPSA) is 42.4 Å². The lowest BCUT2D eigenvalue weighted by molar-refractivity contribution is -0.0757. The van der Waals surface area contributed by atoms with Gasteiger partial charge in [0.05, 0.1) is 18.4 Å². The third-order valence-corrected chi connectivity index (χ3v) is 1.83. The molecule has 0 fully saturated rings. The van der Waals surface area contributed by atoms with Crippen molar-refractivity contribution >= 4 is 5.91 Å². The number of hydroxylamine groups is 2. The van der Waals surface area contributed by atoms with Gasteiger partial charge in [0.2, 0.25) is 0 Å². The highest BCUT2D eigenvalue weighted by Crippen LogP contribution is 2.07. The number of aromatic nitrogens is 1. The fourth-order valence-electron chi connectivity index (χ4n) is 0.888. The highest BCUT2D eigenvalue weighted by Gasteiger charge is 2.13. The molecule has 1 amide bonds. The molecule has 0 bridgehead atoms. The zero-order valence-electron chi connectivity index (χ0n) is 8.24. The minimum Gasteiger partial charge on any atom is -0.274 e. The number of hydrogen-bond acceptors (Lipinski definition) is 3. The van der Waals surface area contributed by atoms with Gasteiger partial charge < -0.3 is 0 Å². The molecule has 1 aromatic heterocycles. The highest BCUT2D eigenvalue weighted by atomic mass is 19.1. The minimum atomic E-state index is -0.500. The van der Waals surface area contributed by atoms with Gasteiger partial charge in [-0.3, -0.25) is 14.6 Å². The van der Waals surface area contributed by atoms with Crippen molar-refractivity contribution in [2.45, 2.75) is 6.92 Å². The van der Waals surface area contributed by atoms with E-state index in [1.165, 1.54) is 27.3 Å². The number of halogens is 1. The second-order valence-corrected chi connectivity index (χ2v) is 2.78. The zero-order chi connectivity index (χ0) is 10.7. The van der Waals surface area contributed by atoms with Gasteiger partial charge in [-0.1, -0.05) is 0 Å². The molecule has 5 heteroatoms. The van der Waals surface area contributed by atoms with E-state index in [9.17, 15) is 9.18 Å². The Kier molecular flexibility index (Phi) is 3.14. The molecular weight excluding hydrogens is 187 g/mol. The Labute approximate surface area is 81.3 Å². The Morgan fingerprint density at radius 3 is 2.79 bits per heavy atom. The van der Waals surface area contributed by atoms with E-state index in [1.807, 2.05) is 0 Å². The number of hydrogen-bond donors (Lipinski definition) is 0. The number of rotatable bonds is 2. The van der Waals surface area contributed by atoms with E-state index in [4.69, 9.17) is 0 Å². The van der Waals surface area contributed by atoms with Crippen LogP contribution in [-0.2, 0) is 4.84 Å². The Balaban J connectivity index is 2.97. The molecular formula is C9H11FN2O2. The molecule has 0 saturated heterocycles. The Morgan fingerprint density at radius 2 is 2.29 bits per heavy atom. The van der Waals surface area contributed by atoms with Crippen molar-refractivity contribution in [2.24, 2.45) is 0 Å². The maximum Gasteiger partial charge on any atom is 0.278 e. The third-order valence-electron chi connectivity index (χ3n) is 1.83. The Morgan fingerprint density at radius 1 is 1.64 bits per heavy atom. The number of aryl methyl sites for hydroxylation is 1. The number of pyridine rings is 1. The van der Waals surface area contributed by atoms with Crippen molar-refractivity contribution in [1.29, 1.82) is 0 Å². The molecule has 76 valence electrons. The van der Waals surface area contributed by atoms with Crippen molar-refractivity contribution in [3.8, 4) is 0 Å². The van der Waals surface area contributed by atoms with Gasteiger partial charge in [-0.25, -0.2) is 9.45 Å². The summed E-state index contributed by atoms with van der Waals surface area (Å²) >= 11 is 0. The SMILES string of the molecule is CON(C)C(=O)c1cnc(C)c(F)c1. The quantitative estimate of drug-likeness (QED) is 0.670. The molecule has 1 heterocycles. The number of amides is 1. The van der Waals surface area contributed by atoms with E-state index in [2.05, 4.69) is 9.82 Å². The maximum atomic E-state index is 13.0. The fourth-order valence-corrected chi connectivity index (χ4v) is 0.888. The third kappa shape index (κ3) is 2.05. The molecule has 0 aliphatic carbocycles. The van der Waals surface area contributed by atoms with Crippen LogP contribution in [0.3, 0.4) is 0 Å². The molecule has 0 atom stereocenters. The normalized spacial score (nSPS) is 10.0. The van der Waals surface area contributed by atoms with Crippen molar-refractivity contribution in [3.05, 3.63) is 29.3 Å². The van der Waals surface area contributed by atoms with Crippen LogP contribution in [0.25, 0.3) is 0 Å². The zero-order valence-corrected chi connectivity index (χ0v) is 8.24. The van der Waals surface area contributed by atoms with Crippen molar-refractivity contribution in [3.63, 3.8) is 0 Å². The smallest absolute Gasteiger partial charge is 0.274 e. The monoisotopic (exact) mass is 198 g/mol. The highest BCUT2D eigenvalue weighted by molar-refractivity contribution is 5.93. The second-order valence-electron chi connectivity index (χ2n) is 2.78. The molecule has 0 aliphatic rings. The summed E-state index contributed by atoms with van der Waals surface area (Å²) in [5, 5.41) is 1.01. The van der Waals surface area contributed by atoms with Gasteiger partial charge in [0.25, 0.3) is 5.91 Å². The summed E-state index contributed by atoms with van der Waals surface area (Å²) in [4.78, 5) is 19.8. The minimum absolute atomic E-state index is 0.164. The van der Waals surface area contributed by atoms with E-state index in [0.717, 1.165) is 11.1 Å². The summed E-state index contributed by atoms with van der Waals surface area (Å²) < 4.78 is 13.0. The molecule has 0 unspecified atom stereocenters. The van der Waals surface area contributed by atoms with Gasteiger partial charge in [-0.15, -0.1) is 0 Å². The van der Waals surface area contributed by atoms with Crippen molar-refractivity contribution < 1.29 is 14.0 Å². The molecule has 14 heavy (non-hydrogen) atoms. The molecule has 0 spiro atoms. The lowest BCUT2D eigenvalue weighted by atomic mass is 10.2. The van der Waals surface area contributed by atoms with Gasteiger partial charge in [0.1, 0.15) is 5.82 Å². The van der Waals surface area contributed by atoms with Crippen LogP contribution in [0.4, 0.5) is 4.39 Å². The lowest BCUT2D eigenvalue weighted by Gasteiger charge is -2.13. The first-order valence-electron chi connectivity index (χ1n) is 4.00. The summed E-state index contributed by atoms with van der Waals surface area (Å²) in [5.41, 5.74) is 0.430. The lowest BCUT2D eigenvalue weighted by Crippen LogP contribution is -2.25. The van der Waals surface area contributed by atoms with E-state index in [0.29, 0.717) is 0 Å². The molecule has 1 rings (SSSR count). The summed E-state index contributed by atoms with van der Waals surface area (Å²) in [7, 11) is 2.80. The number of carbonyl (C=O) groups excluding carboxylic acids is 1. The second kappa shape index (κ2) is 4.15. The molecule has 0 aliphatic heterocycles. The predicted octanol–water partition coefficient (Wildman–Crippen LogP) is 1.16. The van der Waals surface area contributed by atoms with Crippen LogP contribution >= 0.6 is 0 Å². The largest absolute Gasteiger partial charge is 0.278 e. The maximum absolute atomic E-state index is 13.0. The van der Waals surface area contributed by atoms with Crippen LogP contribution in [0, 0.1) is 12.7 Å². The number of carbonyl (C=O) groups is 1. The molecule has 0 aromatic carbocycles. The first-order valence-corrected chi connectivity index (χ1v) is 4.00. The van der Waals surface area contributed by atoms with Crippen molar-refractivity contribution in [1.82, 2.24) is 10.0 Å². The average molecular weight is 198 g/mol. The summed E-state index contributed by atoms with van der Waals surface area (Å²) in [5.74, 6) is -0.931. The van der Waals surface area contributed by atoms with Crippen LogP contribution < -0.4 is 0 Å². The Bertz CT molecular complexity index is 355. The summed E-state index contributed by atoms with van der Waals surface area (Å²) in [6.07, 6.45) is 1.32. The van der Waals surface area contributed by atoms with Crippen molar-refractivity contribution in [2.75, 3.05) is 14.2 Å². The van der Waals surface area contributed by atoms with Crippen LogP contribution in [0.1, 0.15) is 16.1 Å². The first kappa shape index (κ1) is 10.6. The van der Waals surface area contributed by atoms with Crippen LogP contribution in [0.5, 0.6) is 0 Å². The summed E-state index contributed by atoms with van der Waals surface area (Å²) in [6.45, 7) is 1.53. The molecule has 4 nitrogen and oxygen atoms in total. The summed E-state index contributed by atoms with van der Waals surface area (Å²) in [6, 6.07) is 1.14. The van der Waals surface area contributed by atoms with Gasteiger partial charge in [0.15, 0.2) is 0 Å². The standard InChI is InChI=1S/C9H11FN2O2/c1-6-8(10)4-7(5-11-6)9(13)12(2)14-3/h4-5H,1-3H3. The van der Waals surface area contributed by atoms with Crippen LogP contribution in [-0.4, -0.2) is 30.1 Å². The van der Waals surface area contributed by atoms with Gasteiger partial charge in [-0.05, 0) is 13.0 Å². The molecule has 0 N–H and O–H groups in total. The van der Waals surface area contributed by atoms with Gasteiger partial charge in [0, 0.05) is 13.2 Å². The van der Waals surface area contributed by atoms with Crippen LogP contribution in [0.15, 0.2) is 12.3 Å². The Hall–Kier alpha value is -1.49. The van der Waals surface area contributed by atoms with E-state index >= 15 is 0 Å². The molecule has 0 saturated carbocycles. The van der Waals surface area contributed by atoms with E-state index in [-0.39, 0.29) is 11.3 Å². The van der Waals surface area contributed by atoms with Gasteiger partial charge in [-0.2, -0.15) is 0 Å².